The topological polar surface area (TPSA) is 90.3 Å². The Morgan fingerprint density at radius 1 is 1.39 bits per heavy atom. The summed E-state index contributed by atoms with van der Waals surface area (Å²) in [6.45, 7) is 1.16. The first-order valence-corrected chi connectivity index (χ1v) is 9.11. The minimum atomic E-state index is -0.506. The van der Waals surface area contributed by atoms with Crippen LogP contribution in [0.4, 0.5) is 10.6 Å². The van der Waals surface area contributed by atoms with Gasteiger partial charge in [0.25, 0.3) is 0 Å². The first-order chi connectivity index (χ1) is 13.6. The first kappa shape index (κ1) is 18.4. The molecule has 4 heterocycles. The van der Waals surface area contributed by atoms with E-state index >= 15 is 0 Å². The maximum Gasteiger partial charge on any atom is 0.320 e. The first-order valence-electron chi connectivity index (χ1n) is 9.11. The van der Waals surface area contributed by atoms with Crippen LogP contribution in [0, 0.1) is 0 Å². The zero-order valence-electron chi connectivity index (χ0n) is 16.2. The molecule has 0 spiro atoms. The number of nitrogens with zero attached hydrogens (tertiary/aromatic N) is 3. The van der Waals surface area contributed by atoms with Gasteiger partial charge in [-0.05, 0) is 18.2 Å². The number of urea groups is 1. The fraction of sp³-hybridized carbons (Fsp3) is 0.350. The molecule has 8 nitrogen and oxygen atoms in total. The van der Waals surface area contributed by atoms with Gasteiger partial charge in [-0.2, -0.15) is 0 Å². The van der Waals surface area contributed by atoms with Crippen molar-refractivity contribution in [2.24, 2.45) is 7.05 Å². The number of methoxy groups -OCH3 is 1. The zero-order valence-corrected chi connectivity index (χ0v) is 16.2. The molecular weight excluding hydrogens is 358 g/mol. The number of aryl methyl sites for hydroxylation is 1. The summed E-state index contributed by atoms with van der Waals surface area (Å²) in [6.07, 6.45) is 4.54. The van der Waals surface area contributed by atoms with Crippen LogP contribution in [0.5, 0.6) is 0 Å². The van der Waals surface area contributed by atoms with E-state index in [-0.39, 0.29) is 6.03 Å². The maximum atomic E-state index is 11.6. The SMILES string of the molecule is CNC(=O)Nc1cc2c(-c3cccc([C@]4(OC)CCOC4)n3)cn(C)c2cn1. The van der Waals surface area contributed by atoms with Gasteiger partial charge in [-0.25, -0.2) is 14.8 Å². The van der Waals surface area contributed by atoms with Crippen molar-refractivity contribution in [1.29, 1.82) is 0 Å². The Labute approximate surface area is 162 Å². The van der Waals surface area contributed by atoms with Gasteiger partial charge in [-0.15, -0.1) is 0 Å². The summed E-state index contributed by atoms with van der Waals surface area (Å²) in [4.78, 5) is 20.8. The van der Waals surface area contributed by atoms with Crippen LogP contribution in [0.15, 0.2) is 36.7 Å². The summed E-state index contributed by atoms with van der Waals surface area (Å²) < 4.78 is 13.4. The number of rotatable bonds is 4. The Morgan fingerprint density at radius 3 is 2.96 bits per heavy atom. The molecule has 1 fully saturated rings. The van der Waals surface area contributed by atoms with E-state index < -0.39 is 5.60 Å². The molecule has 0 bridgehead atoms. The average Bonchev–Trinajstić information content (AvgIpc) is 3.34. The average molecular weight is 381 g/mol. The Balaban J connectivity index is 1.79. The third-order valence-electron chi connectivity index (χ3n) is 5.21. The van der Waals surface area contributed by atoms with Gasteiger partial charge in [0.15, 0.2) is 0 Å². The molecule has 3 aromatic rings. The number of carbonyl (C=O) groups excluding carboxylic acids is 1. The summed E-state index contributed by atoms with van der Waals surface area (Å²) in [5.41, 5.74) is 3.11. The zero-order chi connectivity index (χ0) is 19.7. The van der Waals surface area contributed by atoms with Crippen molar-refractivity contribution in [3.63, 3.8) is 0 Å². The molecule has 1 aliphatic heterocycles. The monoisotopic (exact) mass is 381 g/mol. The van der Waals surface area contributed by atoms with E-state index in [1.54, 1.807) is 20.4 Å². The highest BCUT2D eigenvalue weighted by atomic mass is 16.5. The van der Waals surface area contributed by atoms with E-state index in [0.717, 1.165) is 34.3 Å². The number of amides is 2. The molecule has 1 atom stereocenters. The van der Waals surface area contributed by atoms with Crippen LogP contribution in [-0.2, 0) is 22.1 Å². The molecule has 0 unspecified atom stereocenters. The largest absolute Gasteiger partial charge is 0.378 e. The smallest absolute Gasteiger partial charge is 0.320 e. The van der Waals surface area contributed by atoms with E-state index in [4.69, 9.17) is 14.5 Å². The van der Waals surface area contributed by atoms with Gasteiger partial charge in [-0.1, -0.05) is 6.07 Å². The number of fused-ring (bicyclic) bond motifs is 1. The standard InChI is InChI=1S/C20H23N5O3/c1-21-19(26)24-18-9-13-14(11-25(2)16(13)10-22-18)15-5-4-6-17(23-15)20(27-3)7-8-28-12-20/h4-6,9-11H,7-8,12H2,1-3H3,(H2,21,22,24,26)/t20-/m0/s1. The van der Waals surface area contributed by atoms with Gasteiger partial charge < -0.3 is 19.4 Å². The summed E-state index contributed by atoms with van der Waals surface area (Å²) >= 11 is 0. The number of ether oxygens (including phenoxy) is 2. The van der Waals surface area contributed by atoms with Gasteiger partial charge in [0.05, 0.1) is 29.7 Å². The molecule has 3 aromatic heterocycles. The number of hydrogen-bond acceptors (Lipinski definition) is 5. The number of anilines is 1. The fourth-order valence-electron chi connectivity index (χ4n) is 3.58. The number of hydrogen-bond donors (Lipinski definition) is 2. The minimum Gasteiger partial charge on any atom is -0.378 e. The summed E-state index contributed by atoms with van der Waals surface area (Å²) in [5, 5.41) is 6.21. The highest BCUT2D eigenvalue weighted by Crippen LogP contribution is 2.35. The van der Waals surface area contributed by atoms with E-state index in [1.807, 2.05) is 42.1 Å². The van der Waals surface area contributed by atoms with E-state index in [1.165, 1.54) is 0 Å². The second kappa shape index (κ2) is 7.21. The lowest BCUT2D eigenvalue weighted by Gasteiger charge is -2.25. The third-order valence-corrected chi connectivity index (χ3v) is 5.21. The lowest BCUT2D eigenvalue weighted by molar-refractivity contribution is -0.0245. The fourth-order valence-corrected chi connectivity index (χ4v) is 3.58. The Morgan fingerprint density at radius 2 is 2.25 bits per heavy atom. The van der Waals surface area contributed by atoms with Crippen LogP contribution in [0.1, 0.15) is 12.1 Å². The molecule has 2 amide bonds. The van der Waals surface area contributed by atoms with Gasteiger partial charge in [0.2, 0.25) is 0 Å². The van der Waals surface area contributed by atoms with Gasteiger partial charge in [0, 0.05) is 51.4 Å². The number of nitrogens with one attached hydrogen (secondary N) is 2. The molecule has 146 valence electrons. The van der Waals surface area contributed by atoms with Gasteiger partial charge in [-0.3, -0.25) is 5.32 Å². The van der Waals surface area contributed by atoms with Crippen molar-refractivity contribution < 1.29 is 14.3 Å². The van der Waals surface area contributed by atoms with Gasteiger partial charge in [0.1, 0.15) is 11.4 Å². The maximum absolute atomic E-state index is 11.6. The second-order valence-electron chi connectivity index (χ2n) is 6.85. The van der Waals surface area contributed by atoms with Crippen LogP contribution in [0.25, 0.3) is 22.2 Å². The molecule has 0 saturated carbocycles. The highest BCUT2D eigenvalue weighted by molar-refractivity contribution is 5.98. The van der Waals surface area contributed by atoms with E-state index in [2.05, 4.69) is 15.6 Å². The van der Waals surface area contributed by atoms with Crippen LogP contribution < -0.4 is 10.6 Å². The lowest BCUT2D eigenvalue weighted by atomic mass is 9.97. The lowest BCUT2D eigenvalue weighted by Crippen LogP contribution is -2.30. The van der Waals surface area contributed by atoms with Gasteiger partial charge >= 0.3 is 6.03 Å². The number of pyridine rings is 2. The second-order valence-corrected chi connectivity index (χ2v) is 6.85. The van der Waals surface area contributed by atoms with E-state index in [9.17, 15) is 4.79 Å². The van der Waals surface area contributed by atoms with Crippen molar-refractivity contribution in [2.45, 2.75) is 12.0 Å². The van der Waals surface area contributed by atoms with Crippen molar-refractivity contribution in [3.8, 4) is 11.3 Å². The normalized spacial score (nSPS) is 19.1. The van der Waals surface area contributed by atoms with E-state index in [0.29, 0.717) is 19.0 Å². The molecule has 1 aliphatic rings. The van der Waals surface area contributed by atoms with Crippen LogP contribution >= 0.6 is 0 Å². The molecule has 0 radical (unpaired) electrons. The summed E-state index contributed by atoms with van der Waals surface area (Å²) in [6, 6.07) is 7.49. The third kappa shape index (κ3) is 3.10. The number of carbonyl (C=O) groups is 1. The molecule has 0 aliphatic carbocycles. The molecule has 1 saturated heterocycles. The molecule has 4 rings (SSSR count). The van der Waals surface area contributed by atoms with Crippen LogP contribution in [0.3, 0.4) is 0 Å². The molecule has 2 N–H and O–H groups in total. The molecule has 0 aromatic carbocycles. The molecular formula is C20H23N5O3. The Kier molecular flexibility index (Phi) is 4.74. The quantitative estimate of drug-likeness (QED) is 0.725. The van der Waals surface area contributed by atoms with Crippen molar-refractivity contribution in [3.05, 3.63) is 42.4 Å². The number of aromatic nitrogens is 3. The van der Waals surface area contributed by atoms with Crippen molar-refractivity contribution in [1.82, 2.24) is 19.9 Å². The summed E-state index contributed by atoms with van der Waals surface area (Å²) in [7, 11) is 5.23. The predicted octanol–water partition coefficient (Wildman–Crippen LogP) is 2.65. The van der Waals surface area contributed by atoms with Crippen LogP contribution in [0.2, 0.25) is 0 Å². The molecule has 28 heavy (non-hydrogen) atoms. The minimum absolute atomic E-state index is 0.312. The Hall–Kier alpha value is -2.97. The Bertz CT molecular complexity index is 1020. The summed E-state index contributed by atoms with van der Waals surface area (Å²) in [5.74, 6) is 0.480. The molecule has 8 heteroatoms. The predicted molar refractivity (Wildman–Crippen MR) is 106 cm³/mol. The van der Waals surface area contributed by atoms with Crippen LogP contribution in [-0.4, -0.2) is 47.9 Å². The highest BCUT2D eigenvalue weighted by Gasteiger charge is 2.38. The van der Waals surface area contributed by atoms with Crippen molar-refractivity contribution >= 4 is 22.8 Å². The van der Waals surface area contributed by atoms with Crippen molar-refractivity contribution in [2.75, 3.05) is 32.7 Å².